The van der Waals surface area contributed by atoms with Gasteiger partial charge in [-0.1, -0.05) is 85.5 Å². The van der Waals surface area contributed by atoms with E-state index in [1.54, 1.807) is 18.2 Å². The second-order valence-electron chi connectivity index (χ2n) is 6.56. The Hall–Kier alpha value is -1.32. The molecule has 6 nitrogen and oxygen atoms in total. The van der Waals surface area contributed by atoms with E-state index < -0.39 is 0 Å². The average Bonchev–Trinajstić information content (AvgIpc) is 2.78. The molecule has 1 N–H and O–H groups in total. The van der Waals surface area contributed by atoms with Crippen LogP contribution in [0.2, 0.25) is 10.0 Å². The maximum atomic E-state index is 11.5. The summed E-state index contributed by atoms with van der Waals surface area (Å²) in [5, 5.41) is 10.4. The van der Waals surface area contributed by atoms with Crippen LogP contribution in [0.5, 0.6) is 23.0 Å². The zero-order valence-corrected chi connectivity index (χ0v) is 26.1. The van der Waals surface area contributed by atoms with E-state index in [1.807, 2.05) is 0 Å². The van der Waals surface area contributed by atoms with Gasteiger partial charge in [-0.2, -0.15) is 0 Å². The number of rotatable bonds is 8. The number of Topliss-reactive ketones (excluding diaryl/α,β-unsaturated/α-hetero) is 2. The largest absolute Gasteiger partial charge is 0.508 e. The van der Waals surface area contributed by atoms with Crippen LogP contribution in [0.15, 0.2) is 45.4 Å². The number of ketones is 2. The maximum Gasteiger partial charge on any atom is 0.163 e. The summed E-state index contributed by atoms with van der Waals surface area (Å²) in [7, 11) is 2.87. The molecule has 0 aliphatic rings. The highest BCUT2D eigenvalue weighted by Gasteiger charge is 2.15. The van der Waals surface area contributed by atoms with E-state index in [4.69, 9.17) is 83.8 Å². The van der Waals surface area contributed by atoms with E-state index in [2.05, 4.69) is 15.9 Å². The van der Waals surface area contributed by atoms with Gasteiger partial charge in [0.05, 0.1) is 35.4 Å². The van der Waals surface area contributed by atoms with E-state index in [0.29, 0.717) is 32.3 Å². The molecule has 0 atom stereocenters. The minimum atomic E-state index is -0.199. The molecule has 0 spiro atoms. The highest BCUT2D eigenvalue weighted by Crippen LogP contribution is 2.34. The molecular formula is C24H23BrCl6O6. The standard InChI is InChI=1S/C12H11Cl3O3.C9H9ClO3.C3H3BrCl2/c1-7(16)9-5-8(18-4-3-11(14)15)6-10(13)12(9)17-2;1-5(11)7-3-6(12)4-8(10)9(7)13-2;4-2-1-3(5)6/h3,5-6H,4H2,1-2H3;3-4,12H,1-2H3;1H,2H2. The van der Waals surface area contributed by atoms with Gasteiger partial charge in [-0.05, 0) is 38.1 Å². The first-order valence-electron chi connectivity index (χ1n) is 9.95. The number of methoxy groups -OCH3 is 2. The summed E-state index contributed by atoms with van der Waals surface area (Å²) in [5.74, 6) is 0.669. The Morgan fingerprint density at radius 1 is 0.838 bits per heavy atom. The highest BCUT2D eigenvalue weighted by atomic mass is 79.9. The van der Waals surface area contributed by atoms with Crippen molar-refractivity contribution in [2.75, 3.05) is 26.2 Å². The van der Waals surface area contributed by atoms with Crippen LogP contribution in [0.4, 0.5) is 0 Å². The summed E-state index contributed by atoms with van der Waals surface area (Å²) in [6.07, 6.45) is 3.14. The number of hydrogen-bond acceptors (Lipinski definition) is 6. The molecule has 0 amide bonds. The van der Waals surface area contributed by atoms with Gasteiger partial charge in [-0.25, -0.2) is 0 Å². The fourth-order valence-electron chi connectivity index (χ4n) is 2.43. The third-order valence-electron chi connectivity index (χ3n) is 3.93. The molecule has 37 heavy (non-hydrogen) atoms. The average molecular weight is 700 g/mol. The van der Waals surface area contributed by atoms with E-state index in [9.17, 15) is 14.7 Å². The van der Waals surface area contributed by atoms with Crippen molar-refractivity contribution in [1.29, 1.82) is 0 Å². The lowest BCUT2D eigenvalue weighted by atomic mass is 10.1. The lowest BCUT2D eigenvalue weighted by Gasteiger charge is -2.11. The third kappa shape index (κ3) is 13.9. The van der Waals surface area contributed by atoms with Crippen molar-refractivity contribution in [3.8, 4) is 23.0 Å². The molecule has 0 saturated carbocycles. The van der Waals surface area contributed by atoms with Crippen molar-refractivity contribution in [3.05, 3.63) is 66.6 Å². The number of phenolic OH excluding ortho intramolecular Hbond substituents is 1. The molecule has 0 aliphatic carbocycles. The van der Waals surface area contributed by atoms with Crippen LogP contribution in [0.3, 0.4) is 0 Å². The van der Waals surface area contributed by atoms with Crippen LogP contribution >= 0.6 is 85.5 Å². The number of halogens is 7. The molecule has 0 aliphatic heterocycles. The smallest absolute Gasteiger partial charge is 0.163 e. The number of aromatic hydroxyl groups is 1. The third-order valence-corrected chi connectivity index (χ3v) is 5.43. The number of alkyl halides is 1. The van der Waals surface area contributed by atoms with Crippen molar-refractivity contribution < 1.29 is 28.9 Å². The molecule has 0 unspecified atom stereocenters. The molecule has 0 aromatic heterocycles. The first-order valence-corrected chi connectivity index (χ1v) is 13.3. The Bertz CT molecular complexity index is 1130. The Kier molecular flexibility index (Phi) is 18.2. The molecule has 0 heterocycles. The van der Waals surface area contributed by atoms with Gasteiger partial charge in [-0.3, -0.25) is 9.59 Å². The molecule has 0 radical (unpaired) electrons. The summed E-state index contributed by atoms with van der Waals surface area (Å²) in [5.41, 5.74) is 0.647. The minimum absolute atomic E-state index is 0.0454. The molecule has 204 valence electrons. The second kappa shape index (κ2) is 18.9. The summed E-state index contributed by atoms with van der Waals surface area (Å²) in [6, 6.07) is 5.77. The molecule has 2 aromatic carbocycles. The van der Waals surface area contributed by atoms with Crippen LogP contribution in [0.25, 0.3) is 0 Å². The monoisotopic (exact) mass is 696 g/mol. The van der Waals surface area contributed by atoms with Gasteiger partial charge in [0.2, 0.25) is 0 Å². The van der Waals surface area contributed by atoms with Crippen molar-refractivity contribution in [2.45, 2.75) is 13.8 Å². The van der Waals surface area contributed by atoms with Crippen LogP contribution in [-0.2, 0) is 0 Å². The van der Waals surface area contributed by atoms with E-state index in [0.717, 1.165) is 5.33 Å². The van der Waals surface area contributed by atoms with Crippen molar-refractivity contribution in [3.63, 3.8) is 0 Å². The van der Waals surface area contributed by atoms with E-state index in [-0.39, 0.29) is 39.0 Å². The zero-order chi connectivity index (χ0) is 28.7. The van der Waals surface area contributed by atoms with Crippen LogP contribution in [0.1, 0.15) is 34.6 Å². The first kappa shape index (κ1) is 35.7. The Labute approximate surface area is 254 Å². The zero-order valence-electron chi connectivity index (χ0n) is 20.0. The molecule has 0 bridgehead atoms. The minimum Gasteiger partial charge on any atom is -0.508 e. The first-order chi connectivity index (χ1) is 17.3. The fraction of sp³-hybridized carbons (Fsp3) is 0.250. The number of benzene rings is 2. The number of allylic oxidation sites excluding steroid dienone is 1. The summed E-state index contributed by atoms with van der Waals surface area (Å²) < 4.78 is 15.8. The van der Waals surface area contributed by atoms with Gasteiger partial charge in [0.15, 0.2) is 11.6 Å². The molecule has 0 saturated heterocycles. The molecule has 2 aromatic rings. The van der Waals surface area contributed by atoms with Crippen LogP contribution in [0, 0.1) is 0 Å². The van der Waals surface area contributed by atoms with Gasteiger partial charge in [0.25, 0.3) is 0 Å². The Morgan fingerprint density at radius 3 is 1.68 bits per heavy atom. The molecule has 0 fully saturated rings. The summed E-state index contributed by atoms with van der Waals surface area (Å²) in [4.78, 5) is 22.5. The molecule has 13 heteroatoms. The number of carbonyl (C=O) groups is 2. The van der Waals surface area contributed by atoms with Crippen molar-refractivity contribution in [1.82, 2.24) is 0 Å². The van der Waals surface area contributed by atoms with Gasteiger partial charge in [0, 0.05) is 17.5 Å². The van der Waals surface area contributed by atoms with Crippen LogP contribution in [-0.4, -0.2) is 42.8 Å². The second-order valence-corrected chi connectivity index (χ2v) is 10.0. The maximum absolute atomic E-state index is 11.5. The lowest BCUT2D eigenvalue weighted by Crippen LogP contribution is -2.01. The van der Waals surface area contributed by atoms with Gasteiger partial charge in [-0.15, -0.1) is 0 Å². The number of phenols is 1. The number of ether oxygens (including phenoxy) is 3. The Balaban J connectivity index is 0.000000594. The number of carbonyl (C=O) groups excluding carboxylic acids is 2. The topological polar surface area (TPSA) is 82.1 Å². The van der Waals surface area contributed by atoms with Gasteiger partial charge in [0.1, 0.15) is 38.6 Å². The lowest BCUT2D eigenvalue weighted by molar-refractivity contribution is 0.100. The summed E-state index contributed by atoms with van der Waals surface area (Å²) in [6.45, 7) is 2.99. The van der Waals surface area contributed by atoms with E-state index >= 15 is 0 Å². The Morgan fingerprint density at radius 2 is 1.30 bits per heavy atom. The van der Waals surface area contributed by atoms with Crippen molar-refractivity contribution >= 4 is 97.1 Å². The highest BCUT2D eigenvalue weighted by molar-refractivity contribution is 9.09. The van der Waals surface area contributed by atoms with Crippen molar-refractivity contribution in [2.24, 2.45) is 0 Å². The number of hydrogen-bond donors (Lipinski definition) is 1. The van der Waals surface area contributed by atoms with Gasteiger partial charge < -0.3 is 19.3 Å². The predicted molar refractivity (Wildman–Crippen MR) is 157 cm³/mol. The summed E-state index contributed by atoms with van der Waals surface area (Å²) >= 11 is 36.1. The quantitative estimate of drug-likeness (QED) is 0.219. The fourth-order valence-corrected chi connectivity index (χ4v) is 3.98. The molecule has 2 rings (SSSR count). The van der Waals surface area contributed by atoms with Gasteiger partial charge >= 0.3 is 0 Å². The normalized spacial score (nSPS) is 9.49. The van der Waals surface area contributed by atoms with Crippen LogP contribution < -0.4 is 14.2 Å². The predicted octanol–water partition coefficient (Wildman–Crippen LogP) is 9.21. The molecular weight excluding hydrogens is 677 g/mol. The van der Waals surface area contributed by atoms with E-state index in [1.165, 1.54) is 46.3 Å². The SMILES string of the molecule is COc1c(Cl)cc(O)cc1C(C)=O.COc1c(Cl)cc(OCC=C(Cl)Cl)cc1C(C)=O.ClC(Cl)=CCBr.